The van der Waals surface area contributed by atoms with Gasteiger partial charge in [-0.15, -0.1) is 0 Å². The van der Waals surface area contributed by atoms with E-state index < -0.39 is 6.43 Å². The molecule has 3 nitrogen and oxygen atoms in total. The molecule has 1 rings (SSSR count). The number of halogens is 3. The second-order valence-corrected chi connectivity index (χ2v) is 3.15. The third-order valence-electron chi connectivity index (χ3n) is 1.60. The van der Waals surface area contributed by atoms with Crippen LogP contribution in [0.1, 0.15) is 22.5 Å². The van der Waals surface area contributed by atoms with Crippen molar-refractivity contribution in [3.8, 4) is 5.75 Å². The van der Waals surface area contributed by atoms with Crippen LogP contribution in [0.5, 0.6) is 5.75 Å². The number of pyridine rings is 1. The third-order valence-corrected chi connectivity index (χ3v) is 2.43. The van der Waals surface area contributed by atoms with Gasteiger partial charge in [-0.25, -0.2) is 13.8 Å². The average Bonchev–Trinajstić information content (AvgIpc) is 2.16. The maximum atomic E-state index is 12.5. The first-order valence-electron chi connectivity index (χ1n) is 3.57. The van der Waals surface area contributed by atoms with Gasteiger partial charge in [0.25, 0.3) is 6.43 Å². The minimum Gasteiger partial charge on any atom is -0.495 e. The monoisotopic (exact) mass is 265 g/mol. The van der Waals surface area contributed by atoms with Crippen molar-refractivity contribution in [1.82, 2.24) is 4.98 Å². The van der Waals surface area contributed by atoms with E-state index in [1.807, 2.05) is 0 Å². The third kappa shape index (κ3) is 1.89. The Bertz CT molecular complexity index is 357. The molecule has 0 saturated heterocycles. The van der Waals surface area contributed by atoms with E-state index in [9.17, 15) is 13.6 Å². The van der Waals surface area contributed by atoms with Gasteiger partial charge in [-0.05, 0) is 15.9 Å². The summed E-state index contributed by atoms with van der Waals surface area (Å²) in [5, 5.41) is 0. The summed E-state index contributed by atoms with van der Waals surface area (Å²) in [4.78, 5) is 14.1. The number of aromatic nitrogens is 1. The van der Waals surface area contributed by atoms with Gasteiger partial charge in [0, 0.05) is 0 Å². The summed E-state index contributed by atoms with van der Waals surface area (Å²) in [6.07, 6.45) is -1.23. The molecule has 0 fully saturated rings. The number of alkyl halides is 2. The molecule has 0 amide bonds. The number of hydrogen-bond donors (Lipinski definition) is 0. The van der Waals surface area contributed by atoms with Gasteiger partial charge in [-0.3, -0.25) is 4.79 Å². The molecule has 0 aliphatic carbocycles. The van der Waals surface area contributed by atoms with E-state index in [4.69, 9.17) is 4.74 Å². The molecule has 14 heavy (non-hydrogen) atoms. The zero-order valence-corrected chi connectivity index (χ0v) is 8.72. The van der Waals surface area contributed by atoms with E-state index in [1.54, 1.807) is 0 Å². The van der Waals surface area contributed by atoms with E-state index >= 15 is 0 Å². The number of rotatable bonds is 3. The minimum absolute atomic E-state index is 0.0261. The first kappa shape index (κ1) is 11.0. The van der Waals surface area contributed by atoms with Gasteiger partial charge in [-0.1, -0.05) is 0 Å². The van der Waals surface area contributed by atoms with E-state index in [-0.39, 0.29) is 21.5 Å². The molecule has 0 spiro atoms. The maximum Gasteiger partial charge on any atom is 0.268 e. The maximum absolute atomic E-state index is 12.5. The predicted molar refractivity (Wildman–Crippen MR) is 48.8 cm³/mol. The van der Waals surface area contributed by atoms with Crippen LogP contribution in [-0.4, -0.2) is 18.4 Å². The number of methoxy groups -OCH3 is 1. The molecule has 1 aromatic rings. The molecular weight excluding hydrogens is 260 g/mol. The lowest BCUT2D eigenvalue weighted by molar-refractivity contribution is 0.111. The number of hydrogen-bond acceptors (Lipinski definition) is 3. The Hall–Kier alpha value is -1.04. The molecule has 0 aromatic carbocycles. The van der Waals surface area contributed by atoms with Gasteiger partial charge < -0.3 is 4.74 Å². The Morgan fingerprint density at radius 1 is 1.64 bits per heavy atom. The molecule has 0 aliphatic rings. The summed E-state index contributed by atoms with van der Waals surface area (Å²) in [5.74, 6) is -0.0440. The SMILES string of the molecule is COc1cnc(C=O)c(Br)c1C(F)F. The number of carbonyl (C=O) groups excluding carboxylic acids is 1. The molecule has 1 aromatic heterocycles. The number of ether oxygens (including phenoxy) is 1. The van der Waals surface area contributed by atoms with Gasteiger partial charge in [0.15, 0.2) is 6.29 Å². The van der Waals surface area contributed by atoms with Crippen LogP contribution in [-0.2, 0) is 0 Å². The number of nitrogens with zero attached hydrogens (tertiary/aromatic N) is 1. The van der Waals surface area contributed by atoms with Gasteiger partial charge in [0.05, 0.1) is 23.3 Å². The van der Waals surface area contributed by atoms with Crippen LogP contribution in [0.3, 0.4) is 0 Å². The van der Waals surface area contributed by atoms with Crippen LogP contribution in [0.4, 0.5) is 8.78 Å². The zero-order valence-electron chi connectivity index (χ0n) is 7.13. The van der Waals surface area contributed by atoms with Crippen molar-refractivity contribution in [2.45, 2.75) is 6.43 Å². The van der Waals surface area contributed by atoms with Crippen molar-refractivity contribution >= 4 is 22.2 Å². The highest BCUT2D eigenvalue weighted by Crippen LogP contribution is 2.35. The molecule has 1 heterocycles. The number of carbonyl (C=O) groups is 1. The number of aldehydes is 1. The topological polar surface area (TPSA) is 39.2 Å². The van der Waals surface area contributed by atoms with E-state index in [0.717, 1.165) is 6.20 Å². The fourth-order valence-electron chi connectivity index (χ4n) is 0.949. The smallest absolute Gasteiger partial charge is 0.268 e. The summed E-state index contributed by atoms with van der Waals surface area (Å²) in [6.45, 7) is 0. The molecule has 76 valence electrons. The highest BCUT2D eigenvalue weighted by Gasteiger charge is 2.20. The Balaban J connectivity index is 3.38. The van der Waals surface area contributed by atoms with Crippen molar-refractivity contribution in [2.24, 2.45) is 0 Å². The Labute approximate surface area is 87.2 Å². The first-order chi connectivity index (χ1) is 6.61. The normalized spacial score (nSPS) is 10.4. The molecular formula is C8H6BrF2NO2. The standard InChI is InChI=1S/C8H6BrF2NO2/c1-14-5-2-12-4(3-13)7(9)6(5)8(10)11/h2-3,8H,1H3. The Morgan fingerprint density at radius 2 is 2.29 bits per heavy atom. The molecule has 0 bridgehead atoms. The van der Waals surface area contributed by atoms with Gasteiger partial charge in [0.1, 0.15) is 11.4 Å². The van der Waals surface area contributed by atoms with Crippen LogP contribution < -0.4 is 4.74 Å². The Kier molecular flexibility index (Phi) is 3.51. The van der Waals surface area contributed by atoms with E-state index in [2.05, 4.69) is 20.9 Å². The summed E-state index contributed by atoms with van der Waals surface area (Å²) in [6, 6.07) is 0. The van der Waals surface area contributed by atoms with Crippen molar-refractivity contribution in [3.05, 3.63) is 21.9 Å². The molecule has 0 radical (unpaired) electrons. The highest BCUT2D eigenvalue weighted by molar-refractivity contribution is 9.10. The average molecular weight is 266 g/mol. The molecule has 0 unspecified atom stereocenters. The minimum atomic E-state index is -2.72. The quantitative estimate of drug-likeness (QED) is 0.789. The lowest BCUT2D eigenvalue weighted by Gasteiger charge is -2.09. The highest BCUT2D eigenvalue weighted by atomic mass is 79.9. The van der Waals surface area contributed by atoms with Gasteiger partial charge >= 0.3 is 0 Å². The van der Waals surface area contributed by atoms with Crippen LogP contribution >= 0.6 is 15.9 Å². The summed E-state index contributed by atoms with van der Waals surface area (Å²) in [7, 11) is 1.26. The fourth-order valence-corrected chi connectivity index (χ4v) is 1.51. The molecule has 0 saturated carbocycles. The van der Waals surface area contributed by atoms with Crippen LogP contribution in [0.15, 0.2) is 10.7 Å². The summed E-state index contributed by atoms with van der Waals surface area (Å²) >= 11 is 2.88. The lowest BCUT2D eigenvalue weighted by atomic mass is 10.2. The molecule has 0 atom stereocenters. The Morgan fingerprint density at radius 3 is 2.71 bits per heavy atom. The van der Waals surface area contributed by atoms with E-state index in [0.29, 0.717) is 6.29 Å². The predicted octanol–water partition coefficient (Wildman–Crippen LogP) is 2.60. The van der Waals surface area contributed by atoms with Crippen molar-refractivity contribution < 1.29 is 18.3 Å². The summed E-state index contributed by atoms with van der Waals surface area (Å²) in [5.41, 5.74) is -0.425. The van der Waals surface area contributed by atoms with E-state index in [1.165, 1.54) is 7.11 Å². The zero-order chi connectivity index (χ0) is 10.7. The second kappa shape index (κ2) is 4.45. The summed E-state index contributed by atoms with van der Waals surface area (Å²) < 4.78 is 29.7. The van der Waals surface area contributed by atoms with Gasteiger partial charge in [0.2, 0.25) is 0 Å². The van der Waals surface area contributed by atoms with Crippen molar-refractivity contribution in [3.63, 3.8) is 0 Å². The van der Waals surface area contributed by atoms with Crippen LogP contribution in [0, 0.1) is 0 Å². The fraction of sp³-hybridized carbons (Fsp3) is 0.250. The largest absolute Gasteiger partial charge is 0.495 e. The van der Waals surface area contributed by atoms with Crippen LogP contribution in [0.25, 0.3) is 0 Å². The second-order valence-electron chi connectivity index (χ2n) is 2.36. The van der Waals surface area contributed by atoms with Crippen molar-refractivity contribution in [1.29, 1.82) is 0 Å². The van der Waals surface area contributed by atoms with Gasteiger partial charge in [-0.2, -0.15) is 0 Å². The molecule has 0 aliphatic heterocycles. The first-order valence-corrected chi connectivity index (χ1v) is 4.36. The lowest BCUT2D eigenvalue weighted by Crippen LogP contribution is -1.99. The van der Waals surface area contributed by atoms with Crippen molar-refractivity contribution in [2.75, 3.05) is 7.11 Å². The molecule has 6 heteroatoms. The van der Waals surface area contributed by atoms with Crippen LogP contribution in [0.2, 0.25) is 0 Å². The molecule has 0 N–H and O–H groups in total.